The number of halogens is 4. The Kier molecular flexibility index (Phi) is 7.36. The van der Waals surface area contributed by atoms with Crippen molar-refractivity contribution in [2.45, 2.75) is 69.5 Å². The number of nitrogens with zero attached hydrogens (tertiary/aromatic N) is 3. The molecule has 0 saturated carbocycles. The van der Waals surface area contributed by atoms with Crippen LogP contribution in [0.4, 0.5) is 19.3 Å². The van der Waals surface area contributed by atoms with Crippen LogP contribution in [0.25, 0.3) is 0 Å². The van der Waals surface area contributed by atoms with Crippen LogP contribution in [0.3, 0.4) is 0 Å². The molecule has 1 unspecified atom stereocenters. The number of urea groups is 1. The summed E-state index contributed by atoms with van der Waals surface area (Å²) in [6, 6.07) is 4.02. The minimum absolute atomic E-state index is 0.0161. The molecule has 0 aliphatic carbocycles. The van der Waals surface area contributed by atoms with Gasteiger partial charge >= 0.3 is 6.03 Å². The van der Waals surface area contributed by atoms with Crippen molar-refractivity contribution in [3.8, 4) is 0 Å². The van der Waals surface area contributed by atoms with Gasteiger partial charge < -0.3 is 15.1 Å². The molecular weight excluding hydrogens is 473 g/mol. The second-order valence-electron chi connectivity index (χ2n) is 9.40. The summed E-state index contributed by atoms with van der Waals surface area (Å²) < 4.78 is 27.3. The molecule has 3 atom stereocenters. The van der Waals surface area contributed by atoms with Gasteiger partial charge in [-0.2, -0.15) is 0 Å². The van der Waals surface area contributed by atoms with Gasteiger partial charge in [-0.05, 0) is 70.3 Å². The lowest BCUT2D eigenvalue weighted by atomic mass is 10.0. The number of piperidine rings is 1. The zero-order chi connectivity index (χ0) is 23.8. The zero-order valence-electron chi connectivity index (χ0n) is 18.7. The third kappa shape index (κ3) is 5.54. The number of carbonyl (C=O) groups excluding carboxylic acids is 2. The molecular formula is C23H30Cl2F2N4O2. The highest BCUT2D eigenvalue weighted by atomic mass is 35.5. The molecule has 0 bridgehead atoms. The molecule has 3 aliphatic heterocycles. The highest BCUT2D eigenvalue weighted by Crippen LogP contribution is 2.34. The van der Waals surface area contributed by atoms with Crippen molar-refractivity contribution >= 4 is 40.8 Å². The molecule has 0 radical (unpaired) electrons. The summed E-state index contributed by atoms with van der Waals surface area (Å²) in [5, 5.41) is 3.55. The second kappa shape index (κ2) is 9.92. The maximum atomic E-state index is 13.6. The summed E-state index contributed by atoms with van der Waals surface area (Å²) in [5.41, 5.74) is 0.518. The molecule has 1 aromatic carbocycles. The number of likely N-dealkylation sites (tertiary alicyclic amines) is 1. The van der Waals surface area contributed by atoms with Gasteiger partial charge in [-0.15, -0.1) is 0 Å². The molecule has 33 heavy (non-hydrogen) atoms. The van der Waals surface area contributed by atoms with Gasteiger partial charge in [-0.1, -0.05) is 23.2 Å². The van der Waals surface area contributed by atoms with E-state index in [4.69, 9.17) is 23.2 Å². The van der Waals surface area contributed by atoms with Crippen LogP contribution in [0.1, 0.15) is 45.4 Å². The Balaban J connectivity index is 1.32. The molecule has 0 spiro atoms. The minimum Gasteiger partial charge on any atom is -0.333 e. The van der Waals surface area contributed by atoms with Gasteiger partial charge in [0.1, 0.15) is 6.04 Å². The molecule has 3 fully saturated rings. The first-order chi connectivity index (χ1) is 15.6. The van der Waals surface area contributed by atoms with Gasteiger partial charge in [0, 0.05) is 30.7 Å². The van der Waals surface area contributed by atoms with Crippen LogP contribution in [0, 0.1) is 0 Å². The van der Waals surface area contributed by atoms with Crippen molar-refractivity contribution in [2.75, 3.05) is 31.5 Å². The highest BCUT2D eigenvalue weighted by molar-refractivity contribution is 6.42. The summed E-state index contributed by atoms with van der Waals surface area (Å²) in [7, 11) is 0. The van der Waals surface area contributed by atoms with Crippen LogP contribution in [0.15, 0.2) is 18.2 Å². The van der Waals surface area contributed by atoms with Crippen molar-refractivity contribution in [1.82, 2.24) is 14.7 Å². The van der Waals surface area contributed by atoms with Crippen molar-refractivity contribution in [1.29, 1.82) is 0 Å². The summed E-state index contributed by atoms with van der Waals surface area (Å²) in [5.74, 6) is -2.64. The molecule has 182 valence electrons. The Hall–Kier alpha value is -1.64. The van der Waals surface area contributed by atoms with E-state index in [1.165, 1.54) is 0 Å². The number of nitrogens with one attached hydrogen (secondary N) is 1. The predicted octanol–water partition coefficient (Wildman–Crippen LogP) is 5.10. The fraction of sp³-hybridized carbons (Fsp3) is 0.652. The number of benzene rings is 1. The maximum Gasteiger partial charge on any atom is 0.322 e. The largest absolute Gasteiger partial charge is 0.333 e. The zero-order valence-corrected chi connectivity index (χ0v) is 20.2. The van der Waals surface area contributed by atoms with E-state index in [-0.39, 0.29) is 37.0 Å². The average Bonchev–Trinajstić information content (AvgIpc) is 3.15. The van der Waals surface area contributed by atoms with Crippen molar-refractivity contribution in [2.24, 2.45) is 0 Å². The number of hydrogen-bond donors (Lipinski definition) is 1. The first-order valence-corrected chi connectivity index (χ1v) is 12.4. The standard InChI is InChI=1S/C23H30Cl2F2N4O2/c1-15-21(32)31-17(4-2-10-29-11-3-9-23(26,27)14-29)6-7-18(31)13-30(15)22(33)28-16-5-8-19(24)20(25)12-16/h5,8,12,15,17-18H,2-4,6-7,9-11,13-14H2,1H3,(H,28,33)/t15-,17?,18-/m0/s1. The van der Waals surface area contributed by atoms with Crippen LogP contribution in [-0.4, -0.2) is 76.9 Å². The molecule has 3 aliphatic rings. The van der Waals surface area contributed by atoms with Crippen LogP contribution < -0.4 is 5.32 Å². The molecule has 1 N–H and O–H groups in total. The Morgan fingerprint density at radius 2 is 2.03 bits per heavy atom. The number of fused-ring (bicyclic) bond motifs is 1. The van der Waals surface area contributed by atoms with E-state index in [9.17, 15) is 18.4 Å². The van der Waals surface area contributed by atoms with Crippen LogP contribution in [-0.2, 0) is 4.79 Å². The summed E-state index contributed by atoms with van der Waals surface area (Å²) >= 11 is 12.0. The monoisotopic (exact) mass is 502 g/mol. The van der Waals surface area contributed by atoms with E-state index in [2.05, 4.69) is 5.32 Å². The van der Waals surface area contributed by atoms with Gasteiger partial charge in [0.25, 0.3) is 5.92 Å². The van der Waals surface area contributed by atoms with Crippen LogP contribution in [0.5, 0.6) is 0 Å². The summed E-state index contributed by atoms with van der Waals surface area (Å²) in [6.45, 7) is 3.40. The topological polar surface area (TPSA) is 55.9 Å². The normalized spacial score (nSPS) is 27.5. The molecule has 6 nitrogen and oxygen atoms in total. The number of alkyl halides is 2. The van der Waals surface area contributed by atoms with Gasteiger partial charge in [0.05, 0.1) is 16.6 Å². The number of carbonyl (C=O) groups is 2. The SMILES string of the molecule is C[C@H]1C(=O)N2C(CCCN3CCCC(F)(F)C3)CC[C@H]2CN1C(=O)Nc1ccc(Cl)c(Cl)c1. The number of piperazine rings is 1. The van der Waals surface area contributed by atoms with E-state index in [0.717, 1.165) is 25.7 Å². The highest BCUT2D eigenvalue weighted by Gasteiger charge is 2.46. The van der Waals surface area contributed by atoms with E-state index < -0.39 is 12.0 Å². The van der Waals surface area contributed by atoms with Gasteiger partial charge in [0.2, 0.25) is 5.91 Å². The molecule has 3 heterocycles. The van der Waals surface area contributed by atoms with Crippen molar-refractivity contribution in [3.63, 3.8) is 0 Å². The average molecular weight is 503 g/mol. The number of hydrogen-bond acceptors (Lipinski definition) is 3. The lowest BCUT2D eigenvalue weighted by Gasteiger charge is -2.43. The third-order valence-corrected chi connectivity index (χ3v) is 7.76. The molecule has 3 amide bonds. The van der Waals surface area contributed by atoms with E-state index in [0.29, 0.717) is 41.8 Å². The molecule has 3 saturated heterocycles. The first kappa shape index (κ1) is 24.5. The maximum absolute atomic E-state index is 13.6. The second-order valence-corrected chi connectivity index (χ2v) is 10.2. The van der Waals surface area contributed by atoms with Crippen molar-refractivity contribution in [3.05, 3.63) is 28.2 Å². The quantitative estimate of drug-likeness (QED) is 0.609. The molecule has 4 rings (SSSR count). The van der Waals surface area contributed by atoms with E-state index in [1.54, 1.807) is 30.0 Å². The summed E-state index contributed by atoms with van der Waals surface area (Å²) in [6.07, 6.45) is 3.80. The molecule has 0 aromatic heterocycles. The van der Waals surface area contributed by atoms with Gasteiger partial charge in [-0.25, -0.2) is 13.6 Å². The smallest absolute Gasteiger partial charge is 0.322 e. The predicted molar refractivity (Wildman–Crippen MR) is 125 cm³/mol. The minimum atomic E-state index is -2.59. The molecule has 1 aromatic rings. The Morgan fingerprint density at radius 3 is 2.76 bits per heavy atom. The Labute approximate surface area is 203 Å². The van der Waals surface area contributed by atoms with Gasteiger partial charge in [0.15, 0.2) is 0 Å². The van der Waals surface area contributed by atoms with Gasteiger partial charge in [-0.3, -0.25) is 9.69 Å². The van der Waals surface area contributed by atoms with E-state index in [1.807, 2.05) is 9.80 Å². The number of rotatable bonds is 5. The fourth-order valence-corrected chi connectivity index (χ4v) is 5.63. The molecule has 10 heteroatoms. The number of anilines is 1. The summed E-state index contributed by atoms with van der Waals surface area (Å²) in [4.78, 5) is 31.4. The lowest BCUT2D eigenvalue weighted by molar-refractivity contribution is -0.143. The number of amides is 3. The van der Waals surface area contributed by atoms with E-state index >= 15 is 0 Å². The lowest BCUT2D eigenvalue weighted by Crippen LogP contribution is -2.62. The van der Waals surface area contributed by atoms with Crippen LogP contribution >= 0.6 is 23.2 Å². The third-order valence-electron chi connectivity index (χ3n) is 7.02. The Bertz CT molecular complexity index is 903. The Morgan fingerprint density at radius 1 is 1.24 bits per heavy atom. The van der Waals surface area contributed by atoms with Crippen LogP contribution in [0.2, 0.25) is 10.0 Å². The van der Waals surface area contributed by atoms with Crippen molar-refractivity contribution < 1.29 is 18.4 Å². The fourth-order valence-electron chi connectivity index (χ4n) is 5.33. The first-order valence-electron chi connectivity index (χ1n) is 11.6.